The Labute approximate surface area is 162 Å². The molecular formula is C20H22N4O4. The number of aliphatic carboxylic acids is 1. The standard InChI is InChI=1S/C20H22N4O4/c1-13(2)24-19-15(10-22-24)8-16(9-21-19)20(27)23(3)11-14-4-6-17(7-5-14)28-12-18(25)26/h4-10,13H,11-12H2,1-3H3,(H,25,26). The SMILES string of the molecule is CC(C)n1ncc2cc(C(=O)N(C)Cc3ccc(OCC(=O)O)cc3)cnc21. The highest BCUT2D eigenvalue weighted by Crippen LogP contribution is 2.18. The molecule has 3 rings (SSSR count). The van der Waals surface area contributed by atoms with Crippen LogP contribution in [0, 0.1) is 0 Å². The number of carbonyl (C=O) groups excluding carboxylic acids is 1. The molecule has 2 aromatic heterocycles. The number of amides is 1. The fourth-order valence-electron chi connectivity index (χ4n) is 2.84. The first-order valence-corrected chi connectivity index (χ1v) is 8.87. The molecule has 3 aromatic rings. The number of carbonyl (C=O) groups is 2. The second-order valence-electron chi connectivity index (χ2n) is 6.81. The minimum Gasteiger partial charge on any atom is -0.482 e. The zero-order chi connectivity index (χ0) is 20.3. The summed E-state index contributed by atoms with van der Waals surface area (Å²) in [5.41, 5.74) is 2.16. The molecule has 0 unspecified atom stereocenters. The van der Waals surface area contributed by atoms with Crippen molar-refractivity contribution in [2.45, 2.75) is 26.4 Å². The number of aromatic nitrogens is 3. The summed E-state index contributed by atoms with van der Waals surface area (Å²) in [6.07, 6.45) is 3.29. The number of carboxylic acids is 1. The molecule has 0 saturated heterocycles. The summed E-state index contributed by atoms with van der Waals surface area (Å²) in [5.74, 6) is -0.700. The van der Waals surface area contributed by atoms with E-state index in [0.29, 0.717) is 17.9 Å². The largest absolute Gasteiger partial charge is 0.482 e. The van der Waals surface area contributed by atoms with Crippen LogP contribution in [0.4, 0.5) is 0 Å². The number of hydrogen-bond acceptors (Lipinski definition) is 5. The third kappa shape index (κ3) is 4.28. The van der Waals surface area contributed by atoms with Gasteiger partial charge in [-0.3, -0.25) is 4.79 Å². The van der Waals surface area contributed by atoms with Gasteiger partial charge in [0, 0.05) is 31.2 Å². The van der Waals surface area contributed by atoms with E-state index >= 15 is 0 Å². The van der Waals surface area contributed by atoms with E-state index < -0.39 is 5.97 Å². The molecule has 2 heterocycles. The Balaban J connectivity index is 1.68. The van der Waals surface area contributed by atoms with Gasteiger partial charge in [0.2, 0.25) is 0 Å². The normalized spacial score (nSPS) is 11.0. The van der Waals surface area contributed by atoms with Gasteiger partial charge >= 0.3 is 5.97 Å². The van der Waals surface area contributed by atoms with Crippen LogP contribution in [0.15, 0.2) is 42.7 Å². The van der Waals surface area contributed by atoms with Crippen molar-refractivity contribution in [1.29, 1.82) is 0 Å². The molecule has 0 fully saturated rings. The summed E-state index contributed by atoms with van der Waals surface area (Å²) in [6, 6.07) is 8.96. The van der Waals surface area contributed by atoms with Crippen LogP contribution in [0.1, 0.15) is 35.8 Å². The van der Waals surface area contributed by atoms with E-state index in [0.717, 1.165) is 16.6 Å². The van der Waals surface area contributed by atoms with E-state index in [9.17, 15) is 9.59 Å². The van der Waals surface area contributed by atoms with Crippen molar-refractivity contribution in [3.63, 3.8) is 0 Å². The number of nitrogens with zero attached hydrogens (tertiary/aromatic N) is 4. The second-order valence-corrected chi connectivity index (χ2v) is 6.81. The van der Waals surface area contributed by atoms with Crippen molar-refractivity contribution in [2.24, 2.45) is 0 Å². The van der Waals surface area contributed by atoms with E-state index in [-0.39, 0.29) is 18.6 Å². The molecule has 0 saturated carbocycles. The van der Waals surface area contributed by atoms with Crippen LogP contribution in [0.2, 0.25) is 0 Å². The van der Waals surface area contributed by atoms with Crippen molar-refractivity contribution in [2.75, 3.05) is 13.7 Å². The van der Waals surface area contributed by atoms with Gasteiger partial charge in [-0.15, -0.1) is 0 Å². The predicted molar refractivity (Wildman–Crippen MR) is 103 cm³/mol. The van der Waals surface area contributed by atoms with Gasteiger partial charge in [0.05, 0.1) is 11.8 Å². The number of ether oxygens (including phenoxy) is 1. The molecule has 0 aliphatic heterocycles. The molecule has 0 radical (unpaired) electrons. The summed E-state index contributed by atoms with van der Waals surface area (Å²) in [6.45, 7) is 4.07. The average molecular weight is 382 g/mol. The Kier molecular flexibility index (Phi) is 5.58. The summed E-state index contributed by atoms with van der Waals surface area (Å²) < 4.78 is 6.93. The lowest BCUT2D eigenvalue weighted by molar-refractivity contribution is -0.139. The van der Waals surface area contributed by atoms with Crippen molar-refractivity contribution < 1.29 is 19.4 Å². The van der Waals surface area contributed by atoms with Crippen molar-refractivity contribution in [1.82, 2.24) is 19.7 Å². The maximum absolute atomic E-state index is 12.7. The van der Waals surface area contributed by atoms with E-state index in [1.807, 2.05) is 18.5 Å². The van der Waals surface area contributed by atoms with Crippen LogP contribution in [-0.4, -0.2) is 50.3 Å². The van der Waals surface area contributed by atoms with Crippen molar-refractivity contribution >= 4 is 22.9 Å². The van der Waals surface area contributed by atoms with Crippen LogP contribution in [0.5, 0.6) is 5.75 Å². The Bertz CT molecular complexity index is 995. The smallest absolute Gasteiger partial charge is 0.341 e. The molecule has 8 heteroatoms. The summed E-state index contributed by atoms with van der Waals surface area (Å²) in [5, 5.41) is 13.8. The van der Waals surface area contributed by atoms with Gasteiger partial charge in [0.25, 0.3) is 5.91 Å². The third-order valence-electron chi connectivity index (χ3n) is 4.22. The Morgan fingerprint density at radius 2 is 1.93 bits per heavy atom. The molecule has 0 spiro atoms. The van der Waals surface area contributed by atoms with Gasteiger partial charge in [0.15, 0.2) is 12.3 Å². The lowest BCUT2D eigenvalue weighted by atomic mass is 10.1. The van der Waals surface area contributed by atoms with Crippen LogP contribution in [-0.2, 0) is 11.3 Å². The predicted octanol–water partition coefficient (Wildman–Crippen LogP) is 2.75. The molecule has 0 atom stereocenters. The van der Waals surface area contributed by atoms with Gasteiger partial charge < -0.3 is 14.7 Å². The summed E-state index contributed by atoms with van der Waals surface area (Å²) >= 11 is 0. The highest BCUT2D eigenvalue weighted by molar-refractivity contribution is 5.96. The minimum absolute atomic E-state index is 0.141. The number of rotatable bonds is 7. The van der Waals surface area contributed by atoms with Crippen LogP contribution in [0.3, 0.4) is 0 Å². The molecule has 8 nitrogen and oxygen atoms in total. The maximum atomic E-state index is 12.7. The number of hydrogen-bond donors (Lipinski definition) is 1. The second kappa shape index (κ2) is 8.08. The monoisotopic (exact) mass is 382 g/mol. The highest BCUT2D eigenvalue weighted by Gasteiger charge is 2.15. The van der Waals surface area contributed by atoms with E-state index in [2.05, 4.69) is 10.1 Å². The molecule has 1 amide bonds. The molecule has 28 heavy (non-hydrogen) atoms. The van der Waals surface area contributed by atoms with Crippen molar-refractivity contribution in [3.05, 3.63) is 53.9 Å². The van der Waals surface area contributed by atoms with Crippen LogP contribution in [0.25, 0.3) is 11.0 Å². The van der Waals surface area contributed by atoms with Crippen LogP contribution < -0.4 is 4.74 Å². The van der Waals surface area contributed by atoms with E-state index in [1.54, 1.807) is 54.7 Å². The quantitative estimate of drug-likeness (QED) is 0.675. The van der Waals surface area contributed by atoms with Crippen molar-refractivity contribution in [3.8, 4) is 5.75 Å². The fourth-order valence-corrected chi connectivity index (χ4v) is 2.84. The first kappa shape index (κ1) is 19.3. The topological polar surface area (TPSA) is 97.6 Å². The summed E-state index contributed by atoms with van der Waals surface area (Å²) in [4.78, 5) is 29.3. The highest BCUT2D eigenvalue weighted by atomic mass is 16.5. The first-order valence-electron chi connectivity index (χ1n) is 8.87. The lowest BCUT2D eigenvalue weighted by Gasteiger charge is -2.17. The molecule has 1 N–H and O–H groups in total. The zero-order valence-electron chi connectivity index (χ0n) is 16.0. The lowest BCUT2D eigenvalue weighted by Crippen LogP contribution is -2.26. The number of benzene rings is 1. The van der Waals surface area contributed by atoms with Crippen LogP contribution >= 0.6 is 0 Å². The van der Waals surface area contributed by atoms with E-state index in [1.165, 1.54) is 0 Å². The summed E-state index contributed by atoms with van der Waals surface area (Å²) in [7, 11) is 1.72. The fraction of sp³-hybridized carbons (Fsp3) is 0.300. The van der Waals surface area contributed by atoms with Gasteiger partial charge in [0.1, 0.15) is 5.75 Å². The Morgan fingerprint density at radius 1 is 1.21 bits per heavy atom. The number of carboxylic acid groups (broad SMARTS) is 1. The van der Waals surface area contributed by atoms with Gasteiger partial charge in [-0.25, -0.2) is 14.5 Å². The molecule has 146 valence electrons. The third-order valence-corrected chi connectivity index (χ3v) is 4.22. The van der Waals surface area contributed by atoms with Gasteiger partial charge in [-0.1, -0.05) is 12.1 Å². The number of fused-ring (bicyclic) bond motifs is 1. The van der Waals surface area contributed by atoms with Gasteiger partial charge in [-0.05, 0) is 37.6 Å². The van der Waals surface area contributed by atoms with E-state index in [4.69, 9.17) is 9.84 Å². The molecular weight excluding hydrogens is 360 g/mol. The Morgan fingerprint density at radius 3 is 2.57 bits per heavy atom. The molecule has 0 aliphatic carbocycles. The maximum Gasteiger partial charge on any atom is 0.341 e. The Hall–Kier alpha value is -3.42. The molecule has 0 bridgehead atoms. The first-order chi connectivity index (χ1) is 13.3. The molecule has 0 aliphatic rings. The van der Waals surface area contributed by atoms with Gasteiger partial charge in [-0.2, -0.15) is 5.10 Å². The number of pyridine rings is 1. The minimum atomic E-state index is -1.03. The average Bonchev–Trinajstić information content (AvgIpc) is 3.10. The zero-order valence-corrected chi connectivity index (χ0v) is 16.0. The molecule has 1 aromatic carbocycles.